The van der Waals surface area contributed by atoms with Gasteiger partial charge in [-0.15, -0.1) is 0 Å². The molecular weight excluding hydrogens is 360 g/mol. The quantitative estimate of drug-likeness (QED) is 0.614. The number of hydrogen-bond donors (Lipinski definition) is 1. The molecule has 0 radical (unpaired) electrons. The number of nitro groups is 1. The van der Waals surface area contributed by atoms with E-state index in [1.807, 2.05) is 0 Å². The van der Waals surface area contributed by atoms with Gasteiger partial charge in [0.2, 0.25) is 0 Å². The molecule has 0 aromatic heterocycles. The fourth-order valence-corrected chi connectivity index (χ4v) is 2.43. The van der Waals surface area contributed by atoms with E-state index in [4.69, 9.17) is 16.3 Å². The summed E-state index contributed by atoms with van der Waals surface area (Å²) in [7, 11) is 1.58. The smallest absolute Gasteiger partial charge is 0.285 e. The Bertz CT molecular complexity index is 679. The van der Waals surface area contributed by atoms with Gasteiger partial charge < -0.3 is 10.1 Å². The zero-order valence-corrected chi connectivity index (χ0v) is 13.4. The summed E-state index contributed by atoms with van der Waals surface area (Å²) >= 11 is 9.12. The van der Waals surface area contributed by atoms with E-state index in [0.29, 0.717) is 27.5 Å². The van der Waals surface area contributed by atoms with Crippen LogP contribution in [0.1, 0.15) is 5.56 Å². The van der Waals surface area contributed by atoms with Gasteiger partial charge in [-0.25, -0.2) is 0 Å². The lowest BCUT2D eigenvalue weighted by atomic mass is 10.2. The van der Waals surface area contributed by atoms with E-state index in [1.165, 1.54) is 6.07 Å². The third kappa shape index (κ3) is 3.86. The predicted octanol–water partition coefficient (Wildman–Crippen LogP) is 4.63. The van der Waals surface area contributed by atoms with Crippen LogP contribution in [0.4, 0.5) is 11.4 Å². The standard InChI is InChI=1S/C14H12BrClN2O3/c1-21-14-5-2-10(16)6-9(14)8-17-11-3-4-12(15)13(7-11)18(19)20/h2-7,17H,8H2,1H3. The molecule has 0 amide bonds. The molecule has 21 heavy (non-hydrogen) atoms. The molecule has 0 unspecified atom stereocenters. The number of methoxy groups -OCH3 is 1. The lowest BCUT2D eigenvalue weighted by Crippen LogP contribution is -2.02. The molecule has 0 atom stereocenters. The predicted molar refractivity (Wildman–Crippen MR) is 86.1 cm³/mol. The van der Waals surface area contributed by atoms with Crippen molar-refractivity contribution >= 4 is 38.9 Å². The first kappa shape index (κ1) is 15.6. The van der Waals surface area contributed by atoms with Crippen LogP contribution in [0.25, 0.3) is 0 Å². The van der Waals surface area contributed by atoms with Gasteiger partial charge in [0.15, 0.2) is 0 Å². The highest BCUT2D eigenvalue weighted by Gasteiger charge is 2.12. The second-order valence-corrected chi connectivity index (χ2v) is 5.52. The average molecular weight is 372 g/mol. The van der Waals surface area contributed by atoms with Crippen LogP contribution in [-0.2, 0) is 6.54 Å². The van der Waals surface area contributed by atoms with Crippen molar-refractivity contribution in [1.29, 1.82) is 0 Å². The van der Waals surface area contributed by atoms with Gasteiger partial charge in [0, 0.05) is 28.9 Å². The Kier molecular flexibility index (Phi) is 5.03. The van der Waals surface area contributed by atoms with E-state index in [0.717, 1.165) is 5.56 Å². The van der Waals surface area contributed by atoms with E-state index < -0.39 is 4.92 Å². The molecule has 2 aromatic rings. The summed E-state index contributed by atoms with van der Waals surface area (Å²) in [5, 5.41) is 14.6. The molecule has 2 aromatic carbocycles. The van der Waals surface area contributed by atoms with Gasteiger partial charge in [-0.2, -0.15) is 0 Å². The molecule has 0 heterocycles. The van der Waals surface area contributed by atoms with E-state index >= 15 is 0 Å². The van der Waals surface area contributed by atoms with Crippen molar-refractivity contribution in [3.8, 4) is 5.75 Å². The van der Waals surface area contributed by atoms with E-state index in [2.05, 4.69) is 21.2 Å². The summed E-state index contributed by atoms with van der Waals surface area (Å²) in [6.07, 6.45) is 0. The monoisotopic (exact) mass is 370 g/mol. The Labute approximate surface area is 135 Å². The van der Waals surface area contributed by atoms with Gasteiger partial charge in [-0.05, 0) is 46.3 Å². The fourth-order valence-electron chi connectivity index (χ4n) is 1.85. The van der Waals surface area contributed by atoms with Gasteiger partial charge in [-0.1, -0.05) is 11.6 Å². The van der Waals surface area contributed by atoms with Crippen LogP contribution in [0, 0.1) is 10.1 Å². The highest BCUT2D eigenvalue weighted by Crippen LogP contribution is 2.29. The van der Waals surface area contributed by atoms with Crippen LogP contribution in [0.2, 0.25) is 5.02 Å². The van der Waals surface area contributed by atoms with E-state index in [1.54, 1.807) is 37.4 Å². The SMILES string of the molecule is COc1ccc(Cl)cc1CNc1ccc(Br)c([N+](=O)[O-])c1. The summed E-state index contributed by atoms with van der Waals surface area (Å²) in [5.41, 5.74) is 1.53. The number of anilines is 1. The van der Waals surface area contributed by atoms with Crippen molar-refractivity contribution in [1.82, 2.24) is 0 Å². The number of rotatable bonds is 5. The summed E-state index contributed by atoms with van der Waals surface area (Å²) in [5.74, 6) is 0.707. The molecular formula is C14H12BrClN2O3. The number of halogens is 2. The Morgan fingerprint density at radius 1 is 1.33 bits per heavy atom. The Morgan fingerprint density at radius 2 is 2.10 bits per heavy atom. The minimum absolute atomic E-state index is 0.0121. The van der Waals surface area contributed by atoms with E-state index in [-0.39, 0.29) is 5.69 Å². The third-order valence-corrected chi connectivity index (χ3v) is 3.77. The molecule has 0 saturated carbocycles. The fraction of sp³-hybridized carbons (Fsp3) is 0.143. The van der Waals surface area contributed by atoms with Crippen molar-refractivity contribution in [2.75, 3.05) is 12.4 Å². The number of nitro benzene ring substituents is 1. The van der Waals surface area contributed by atoms with Crippen LogP contribution >= 0.6 is 27.5 Å². The zero-order chi connectivity index (χ0) is 15.4. The van der Waals surface area contributed by atoms with Crippen molar-refractivity contribution in [2.45, 2.75) is 6.54 Å². The number of hydrogen-bond acceptors (Lipinski definition) is 4. The average Bonchev–Trinajstić information content (AvgIpc) is 2.46. The molecule has 7 heteroatoms. The summed E-state index contributed by atoms with van der Waals surface area (Å²) in [6, 6.07) is 10.2. The van der Waals surface area contributed by atoms with Crippen LogP contribution in [0.5, 0.6) is 5.75 Å². The molecule has 2 rings (SSSR count). The van der Waals surface area contributed by atoms with Crippen molar-refractivity contribution in [2.24, 2.45) is 0 Å². The Hall–Kier alpha value is -1.79. The van der Waals surface area contributed by atoms with Crippen LogP contribution in [-0.4, -0.2) is 12.0 Å². The molecule has 0 aliphatic rings. The van der Waals surface area contributed by atoms with Gasteiger partial charge in [-0.3, -0.25) is 10.1 Å². The minimum Gasteiger partial charge on any atom is -0.496 e. The minimum atomic E-state index is -0.435. The van der Waals surface area contributed by atoms with Gasteiger partial charge in [0.05, 0.1) is 16.5 Å². The summed E-state index contributed by atoms with van der Waals surface area (Å²) in [4.78, 5) is 10.5. The maximum Gasteiger partial charge on any atom is 0.285 e. The highest BCUT2D eigenvalue weighted by atomic mass is 79.9. The molecule has 0 spiro atoms. The summed E-state index contributed by atoms with van der Waals surface area (Å²) in [6.45, 7) is 0.447. The Balaban J connectivity index is 2.19. The molecule has 0 aliphatic carbocycles. The normalized spacial score (nSPS) is 10.2. The topological polar surface area (TPSA) is 64.4 Å². The third-order valence-electron chi connectivity index (χ3n) is 2.87. The van der Waals surface area contributed by atoms with Crippen molar-refractivity contribution < 1.29 is 9.66 Å². The molecule has 0 saturated heterocycles. The van der Waals surface area contributed by atoms with Crippen LogP contribution in [0.15, 0.2) is 40.9 Å². The van der Waals surface area contributed by atoms with Crippen LogP contribution < -0.4 is 10.1 Å². The number of benzene rings is 2. The van der Waals surface area contributed by atoms with Crippen molar-refractivity contribution in [3.05, 3.63) is 61.6 Å². The maximum atomic E-state index is 10.9. The molecule has 0 bridgehead atoms. The van der Waals surface area contributed by atoms with Crippen molar-refractivity contribution in [3.63, 3.8) is 0 Å². The molecule has 0 fully saturated rings. The second-order valence-electron chi connectivity index (χ2n) is 4.23. The first-order valence-electron chi connectivity index (χ1n) is 6.01. The lowest BCUT2D eigenvalue weighted by molar-refractivity contribution is -0.385. The maximum absolute atomic E-state index is 10.9. The lowest BCUT2D eigenvalue weighted by Gasteiger charge is -2.11. The second kappa shape index (κ2) is 6.78. The molecule has 110 valence electrons. The highest BCUT2D eigenvalue weighted by molar-refractivity contribution is 9.10. The van der Waals surface area contributed by atoms with Gasteiger partial charge in [0.1, 0.15) is 5.75 Å². The largest absolute Gasteiger partial charge is 0.496 e. The number of nitrogens with zero attached hydrogens (tertiary/aromatic N) is 1. The summed E-state index contributed by atoms with van der Waals surface area (Å²) < 4.78 is 5.70. The number of ether oxygens (including phenoxy) is 1. The molecule has 5 nitrogen and oxygen atoms in total. The van der Waals surface area contributed by atoms with Gasteiger partial charge >= 0.3 is 0 Å². The first-order valence-corrected chi connectivity index (χ1v) is 7.18. The van der Waals surface area contributed by atoms with Crippen LogP contribution in [0.3, 0.4) is 0 Å². The Morgan fingerprint density at radius 3 is 2.76 bits per heavy atom. The first-order chi connectivity index (χ1) is 10.0. The zero-order valence-electron chi connectivity index (χ0n) is 11.1. The number of nitrogens with one attached hydrogen (secondary N) is 1. The molecule has 0 aliphatic heterocycles. The van der Waals surface area contributed by atoms with E-state index in [9.17, 15) is 10.1 Å². The van der Waals surface area contributed by atoms with Gasteiger partial charge in [0.25, 0.3) is 5.69 Å². The molecule has 1 N–H and O–H groups in total.